The van der Waals surface area contributed by atoms with Crippen molar-refractivity contribution >= 4 is 39.3 Å². The van der Waals surface area contributed by atoms with E-state index in [0.29, 0.717) is 11.0 Å². The fourth-order valence-corrected chi connectivity index (χ4v) is 4.17. The minimum Gasteiger partial charge on any atom is -0.497 e. The van der Waals surface area contributed by atoms with E-state index in [1.165, 1.54) is 11.8 Å². The molecule has 1 amide bonds. The van der Waals surface area contributed by atoms with Crippen molar-refractivity contribution in [1.82, 2.24) is 20.2 Å². The monoisotopic (exact) mass is 535 g/mol. The van der Waals surface area contributed by atoms with E-state index < -0.39 is 0 Å². The lowest BCUT2D eigenvalue weighted by Gasteiger charge is -2.11. The number of ether oxygens (including phenoxy) is 1. The number of carbonyl (C=O) groups excluding carboxylic acids is 1. The predicted octanol–water partition coefficient (Wildman–Crippen LogP) is 5.34. The summed E-state index contributed by atoms with van der Waals surface area (Å²) >= 11 is 4.71. The van der Waals surface area contributed by atoms with Gasteiger partial charge in [-0.05, 0) is 48.9 Å². The van der Waals surface area contributed by atoms with E-state index in [1.54, 1.807) is 7.11 Å². The van der Waals surface area contributed by atoms with Crippen molar-refractivity contribution in [3.05, 3.63) is 88.9 Å². The lowest BCUT2D eigenvalue weighted by atomic mass is 10.1. The van der Waals surface area contributed by atoms with Gasteiger partial charge in [-0.15, -0.1) is 10.2 Å². The Morgan fingerprint density at radius 3 is 2.41 bits per heavy atom. The van der Waals surface area contributed by atoms with Gasteiger partial charge in [-0.2, -0.15) is 5.10 Å². The van der Waals surface area contributed by atoms with Gasteiger partial charge in [0, 0.05) is 15.7 Å². The zero-order valence-electron chi connectivity index (χ0n) is 18.6. The first-order valence-corrected chi connectivity index (χ1v) is 12.2. The minimum absolute atomic E-state index is 0.139. The van der Waals surface area contributed by atoms with Crippen molar-refractivity contribution in [3.8, 4) is 22.8 Å². The minimum atomic E-state index is -0.230. The first-order chi connectivity index (χ1) is 16.5. The molecule has 1 N–H and O–H groups in total. The van der Waals surface area contributed by atoms with Crippen molar-refractivity contribution in [2.75, 3.05) is 12.9 Å². The molecule has 0 saturated heterocycles. The highest BCUT2D eigenvalue weighted by molar-refractivity contribution is 9.10. The number of methoxy groups -OCH3 is 1. The molecular weight excluding hydrogens is 514 g/mol. The third-order valence-corrected chi connectivity index (χ3v) is 6.40. The molecule has 0 unspecified atom stereocenters. The molecule has 0 fully saturated rings. The second kappa shape index (κ2) is 11.1. The van der Waals surface area contributed by atoms with Gasteiger partial charge in [0.2, 0.25) is 0 Å². The van der Waals surface area contributed by atoms with E-state index in [2.05, 4.69) is 36.7 Å². The molecule has 0 bridgehead atoms. The Bertz CT molecular complexity index is 1290. The van der Waals surface area contributed by atoms with E-state index in [0.717, 1.165) is 32.7 Å². The highest BCUT2D eigenvalue weighted by Gasteiger charge is 2.17. The Morgan fingerprint density at radius 2 is 1.74 bits per heavy atom. The molecule has 7 nitrogen and oxygen atoms in total. The molecule has 0 aliphatic carbocycles. The normalized spacial score (nSPS) is 11.3. The highest BCUT2D eigenvalue weighted by Crippen LogP contribution is 2.28. The molecule has 0 radical (unpaired) electrons. The summed E-state index contributed by atoms with van der Waals surface area (Å²) in [4.78, 5) is 12.5. The molecule has 34 heavy (non-hydrogen) atoms. The van der Waals surface area contributed by atoms with Crippen LogP contribution in [0.25, 0.3) is 17.1 Å². The maximum atomic E-state index is 12.5. The first-order valence-electron chi connectivity index (χ1n) is 10.4. The van der Waals surface area contributed by atoms with E-state index >= 15 is 0 Å². The summed E-state index contributed by atoms with van der Waals surface area (Å²) in [6.45, 7) is 1.85. The van der Waals surface area contributed by atoms with Crippen LogP contribution < -0.4 is 10.2 Å². The van der Waals surface area contributed by atoms with Crippen LogP contribution in [0.5, 0.6) is 5.75 Å². The van der Waals surface area contributed by atoms with Gasteiger partial charge in [-0.1, -0.05) is 70.2 Å². The summed E-state index contributed by atoms with van der Waals surface area (Å²) in [5, 5.41) is 13.6. The van der Waals surface area contributed by atoms with Gasteiger partial charge >= 0.3 is 0 Å². The van der Waals surface area contributed by atoms with Crippen LogP contribution in [0.2, 0.25) is 0 Å². The topological polar surface area (TPSA) is 81.4 Å². The fraction of sp³-hybridized carbons (Fsp3) is 0.120. The van der Waals surface area contributed by atoms with Crippen molar-refractivity contribution in [1.29, 1.82) is 0 Å². The Labute approximate surface area is 210 Å². The number of benzene rings is 3. The van der Waals surface area contributed by atoms with Crippen LogP contribution in [-0.2, 0) is 4.79 Å². The number of amides is 1. The van der Waals surface area contributed by atoms with Crippen LogP contribution in [0.1, 0.15) is 12.5 Å². The van der Waals surface area contributed by atoms with Crippen LogP contribution in [0.15, 0.2) is 93.6 Å². The van der Waals surface area contributed by atoms with Crippen molar-refractivity contribution in [2.24, 2.45) is 5.10 Å². The fourth-order valence-electron chi connectivity index (χ4n) is 3.17. The van der Waals surface area contributed by atoms with Gasteiger partial charge < -0.3 is 4.74 Å². The van der Waals surface area contributed by atoms with Gasteiger partial charge in [0.25, 0.3) is 5.91 Å². The lowest BCUT2D eigenvalue weighted by Crippen LogP contribution is -2.21. The molecule has 4 aromatic rings. The summed E-state index contributed by atoms with van der Waals surface area (Å²) < 4.78 is 8.20. The first kappa shape index (κ1) is 23.7. The number of thioether (sulfide) groups is 1. The molecule has 0 saturated carbocycles. The predicted molar refractivity (Wildman–Crippen MR) is 139 cm³/mol. The summed E-state index contributed by atoms with van der Waals surface area (Å²) in [6.07, 6.45) is 0. The molecule has 0 aliphatic heterocycles. The van der Waals surface area contributed by atoms with Crippen molar-refractivity contribution in [2.45, 2.75) is 12.1 Å². The quantitative estimate of drug-likeness (QED) is 0.187. The highest BCUT2D eigenvalue weighted by atomic mass is 79.9. The zero-order valence-corrected chi connectivity index (χ0v) is 21.0. The Kier molecular flexibility index (Phi) is 7.76. The molecule has 172 valence electrons. The van der Waals surface area contributed by atoms with Crippen LogP contribution in [0, 0.1) is 0 Å². The van der Waals surface area contributed by atoms with E-state index in [4.69, 9.17) is 4.74 Å². The van der Waals surface area contributed by atoms with Gasteiger partial charge in [0.15, 0.2) is 11.0 Å². The average molecular weight is 536 g/mol. The van der Waals surface area contributed by atoms with E-state index in [9.17, 15) is 4.79 Å². The van der Waals surface area contributed by atoms with Crippen LogP contribution in [0.3, 0.4) is 0 Å². The third kappa shape index (κ3) is 5.73. The average Bonchev–Trinajstić information content (AvgIpc) is 3.31. The molecule has 3 aromatic carbocycles. The van der Waals surface area contributed by atoms with Crippen molar-refractivity contribution in [3.63, 3.8) is 0 Å². The van der Waals surface area contributed by atoms with Gasteiger partial charge in [0.05, 0.1) is 18.6 Å². The van der Waals surface area contributed by atoms with E-state index in [1.807, 2.05) is 90.4 Å². The Hall–Kier alpha value is -3.43. The molecule has 9 heteroatoms. The third-order valence-electron chi connectivity index (χ3n) is 4.94. The van der Waals surface area contributed by atoms with E-state index in [-0.39, 0.29) is 11.7 Å². The number of hydrogen-bond acceptors (Lipinski definition) is 6. The SMILES string of the molecule is COc1ccc(-n2c(SCC(=O)N/N=C(\C)c3ccc(Br)cc3)nnc2-c2ccccc2)cc1. The van der Waals surface area contributed by atoms with Gasteiger partial charge in [-0.25, -0.2) is 5.43 Å². The van der Waals surface area contributed by atoms with Crippen LogP contribution >= 0.6 is 27.7 Å². The van der Waals surface area contributed by atoms with Gasteiger partial charge in [0.1, 0.15) is 5.75 Å². The Morgan fingerprint density at radius 1 is 1.03 bits per heavy atom. The maximum absolute atomic E-state index is 12.5. The zero-order chi connectivity index (χ0) is 23.9. The number of hydrogen-bond donors (Lipinski definition) is 1. The number of halogens is 1. The van der Waals surface area contributed by atoms with Gasteiger partial charge in [-0.3, -0.25) is 9.36 Å². The van der Waals surface area contributed by atoms with Crippen LogP contribution in [0.4, 0.5) is 0 Å². The largest absolute Gasteiger partial charge is 0.497 e. The summed E-state index contributed by atoms with van der Waals surface area (Å²) in [5.41, 5.74) is 6.07. The summed E-state index contributed by atoms with van der Waals surface area (Å²) in [5.74, 6) is 1.36. The number of hydrazone groups is 1. The summed E-state index contributed by atoms with van der Waals surface area (Å²) in [6, 6.07) is 25.2. The number of carbonyl (C=O) groups is 1. The lowest BCUT2D eigenvalue weighted by molar-refractivity contribution is -0.118. The summed E-state index contributed by atoms with van der Waals surface area (Å²) in [7, 11) is 1.63. The maximum Gasteiger partial charge on any atom is 0.250 e. The number of rotatable bonds is 8. The molecule has 1 aromatic heterocycles. The second-order valence-corrected chi connectivity index (χ2v) is 9.09. The van der Waals surface area contributed by atoms with Crippen molar-refractivity contribution < 1.29 is 9.53 Å². The molecule has 4 rings (SSSR count). The molecule has 0 spiro atoms. The van der Waals surface area contributed by atoms with Crippen LogP contribution in [-0.4, -0.2) is 39.2 Å². The number of aromatic nitrogens is 3. The second-order valence-electron chi connectivity index (χ2n) is 7.23. The Balaban J connectivity index is 1.52. The standard InChI is InChI=1S/C25H22BrN5O2S/c1-17(18-8-10-20(26)11-9-18)27-28-23(32)16-34-25-30-29-24(19-6-4-3-5-7-19)31(25)21-12-14-22(33-2)15-13-21/h3-15H,16H2,1-2H3,(H,28,32)/b27-17+. The molecule has 0 aliphatic rings. The number of nitrogens with zero attached hydrogens (tertiary/aromatic N) is 4. The smallest absolute Gasteiger partial charge is 0.250 e. The molecular formula is C25H22BrN5O2S. The number of nitrogens with one attached hydrogen (secondary N) is 1. The molecule has 0 atom stereocenters. The molecule has 1 heterocycles.